The summed E-state index contributed by atoms with van der Waals surface area (Å²) in [5, 5.41) is 3.11. The molecule has 0 saturated heterocycles. The van der Waals surface area contributed by atoms with E-state index in [-0.39, 0.29) is 23.4 Å². The smallest absolute Gasteiger partial charge is 0.253 e. The van der Waals surface area contributed by atoms with E-state index in [2.05, 4.69) is 29.6 Å². The van der Waals surface area contributed by atoms with Crippen molar-refractivity contribution in [3.63, 3.8) is 0 Å². The molecule has 0 aliphatic rings. The summed E-state index contributed by atoms with van der Waals surface area (Å²) in [5.74, 6) is -0.193. The summed E-state index contributed by atoms with van der Waals surface area (Å²) in [4.78, 5) is 24.9. The number of benzene rings is 2. The molecule has 1 amide bonds. The van der Waals surface area contributed by atoms with Crippen molar-refractivity contribution in [3.8, 4) is 0 Å². The lowest BCUT2D eigenvalue weighted by Gasteiger charge is -2.26. The van der Waals surface area contributed by atoms with Crippen LogP contribution in [0.15, 0.2) is 83.8 Å². The number of hydrogen-bond acceptors (Lipinski definition) is 3. The number of amides is 1. The molecule has 0 aliphatic carbocycles. The van der Waals surface area contributed by atoms with Gasteiger partial charge in [0.05, 0.1) is 12.2 Å². The van der Waals surface area contributed by atoms with Crippen LogP contribution in [-0.4, -0.2) is 30.2 Å². The summed E-state index contributed by atoms with van der Waals surface area (Å²) in [6, 6.07) is 23.1. The van der Waals surface area contributed by atoms with Crippen molar-refractivity contribution in [2.24, 2.45) is 0 Å². The van der Waals surface area contributed by atoms with Gasteiger partial charge >= 0.3 is 0 Å². The lowest BCUT2D eigenvalue weighted by Crippen LogP contribution is -2.38. The van der Waals surface area contributed by atoms with Crippen LogP contribution in [0.25, 0.3) is 0 Å². The fourth-order valence-electron chi connectivity index (χ4n) is 3.49. The first-order chi connectivity index (χ1) is 14.1. The van der Waals surface area contributed by atoms with Crippen molar-refractivity contribution in [2.75, 3.05) is 13.7 Å². The molecule has 1 N–H and O–H groups in total. The van der Waals surface area contributed by atoms with Crippen molar-refractivity contribution in [1.29, 1.82) is 0 Å². The van der Waals surface area contributed by atoms with Crippen LogP contribution >= 0.6 is 0 Å². The fourth-order valence-corrected chi connectivity index (χ4v) is 3.49. The topological polar surface area (TPSA) is 60.3 Å². The van der Waals surface area contributed by atoms with Crippen LogP contribution in [0.1, 0.15) is 34.3 Å². The standard InChI is InChI=1S/C24H26N2O3/c1-18(23(19-9-5-3-6-10-19)20-11-7-4-8-12-20)25-24(28)21-13-14-22(27)26(17-21)15-16-29-2/h3-14,17-18,23H,15-16H2,1-2H3,(H,25,28)/t18-/m0/s1. The van der Waals surface area contributed by atoms with E-state index >= 15 is 0 Å². The zero-order valence-corrected chi connectivity index (χ0v) is 16.7. The van der Waals surface area contributed by atoms with Gasteiger partial charge in [0, 0.05) is 37.9 Å². The molecular formula is C24H26N2O3. The highest BCUT2D eigenvalue weighted by atomic mass is 16.5. The highest BCUT2D eigenvalue weighted by Crippen LogP contribution is 2.28. The number of carbonyl (C=O) groups excluding carboxylic acids is 1. The van der Waals surface area contributed by atoms with E-state index in [0.717, 1.165) is 11.1 Å². The highest BCUT2D eigenvalue weighted by molar-refractivity contribution is 5.94. The molecule has 0 aliphatic heterocycles. The van der Waals surface area contributed by atoms with Gasteiger partial charge in [-0.1, -0.05) is 60.7 Å². The van der Waals surface area contributed by atoms with Crippen LogP contribution in [0.3, 0.4) is 0 Å². The molecule has 1 atom stereocenters. The Morgan fingerprint density at radius 2 is 1.55 bits per heavy atom. The van der Waals surface area contributed by atoms with E-state index in [9.17, 15) is 9.59 Å². The maximum atomic E-state index is 12.9. The van der Waals surface area contributed by atoms with E-state index in [4.69, 9.17) is 4.74 Å². The summed E-state index contributed by atoms with van der Waals surface area (Å²) < 4.78 is 6.53. The van der Waals surface area contributed by atoms with Gasteiger partial charge in [-0.05, 0) is 24.1 Å². The minimum absolute atomic E-state index is 0.0146. The average molecular weight is 390 g/mol. The Kier molecular flexibility index (Phi) is 6.98. The number of carbonyl (C=O) groups is 1. The van der Waals surface area contributed by atoms with Gasteiger partial charge in [-0.3, -0.25) is 9.59 Å². The third kappa shape index (κ3) is 5.21. The second-order valence-corrected chi connectivity index (χ2v) is 7.00. The predicted octanol–water partition coefficient (Wildman–Crippen LogP) is 3.45. The molecule has 0 unspecified atom stereocenters. The van der Waals surface area contributed by atoms with Crippen molar-refractivity contribution >= 4 is 5.91 Å². The molecule has 3 aromatic rings. The predicted molar refractivity (Wildman–Crippen MR) is 114 cm³/mol. The molecule has 0 bridgehead atoms. The molecule has 29 heavy (non-hydrogen) atoms. The lowest BCUT2D eigenvalue weighted by atomic mass is 9.85. The molecule has 0 radical (unpaired) electrons. The molecule has 0 spiro atoms. The molecule has 5 heteroatoms. The minimum Gasteiger partial charge on any atom is -0.383 e. The van der Waals surface area contributed by atoms with E-state index in [1.54, 1.807) is 19.4 Å². The minimum atomic E-state index is -0.208. The number of aromatic nitrogens is 1. The van der Waals surface area contributed by atoms with Gasteiger partial charge in [-0.15, -0.1) is 0 Å². The van der Waals surface area contributed by atoms with Crippen molar-refractivity contribution < 1.29 is 9.53 Å². The van der Waals surface area contributed by atoms with Crippen molar-refractivity contribution in [1.82, 2.24) is 9.88 Å². The quantitative estimate of drug-likeness (QED) is 0.641. The Morgan fingerprint density at radius 3 is 2.10 bits per heavy atom. The lowest BCUT2D eigenvalue weighted by molar-refractivity contribution is 0.0935. The molecule has 1 heterocycles. The second kappa shape index (κ2) is 9.85. The van der Waals surface area contributed by atoms with Gasteiger partial charge in [0.2, 0.25) is 0 Å². The Hall–Kier alpha value is -3.18. The number of hydrogen-bond donors (Lipinski definition) is 1. The van der Waals surface area contributed by atoms with Gasteiger partial charge in [0.25, 0.3) is 11.5 Å². The van der Waals surface area contributed by atoms with Crippen LogP contribution in [0.4, 0.5) is 0 Å². The van der Waals surface area contributed by atoms with Crippen LogP contribution in [0.2, 0.25) is 0 Å². The molecule has 1 aromatic heterocycles. The summed E-state index contributed by atoms with van der Waals surface area (Å²) in [5.41, 5.74) is 2.57. The van der Waals surface area contributed by atoms with Gasteiger partial charge in [0.15, 0.2) is 0 Å². The SMILES string of the molecule is COCCn1cc(C(=O)N[C@@H](C)C(c2ccccc2)c2ccccc2)ccc1=O. The fraction of sp³-hybridized carbons (Fsp3) is 0.250. The first-order valence-corrected chi connectivity index (χ1v) is 9.70. The Morgan fingerprint density at radius 1 is 0.966 bits per heavy atom. The zero-order valence-electron chi connectivity index (χ0n) is 16.7. The number of rotatable bonds is 8. The monoisotopic (exact) mass is 390 g/mol. The van der Waals surface area contributed by atoms with Gasteiger partial charge < -0.3 is 14.6 Å². The van der Waals surface area contributed by atoms with E-state index in [1.165, 1.54) is 10.6 Å². The van der Waals surface area contributed by atoms with Crippen LogP contribution < -0.4 is 10.9 Å². The third-order valence-corrected chi connectivity index (χ3v) is 4.96. The molecule has 3 rings (SSSR count). The maximum absolute atomic E-state index is 12.9. The van der Waals surface area contributed by atoms with Crippen LogP contribution in [-0.2, 0) is 11.3 Å². The van der Waals surface area contributed by atoms with E-state index < -0.39 is 0 Å². The summed E-state index contributed by atoms with van der Waals surface area (Å²) >= 11 is 0. The average Bonchev–Trinajstić information content (AvgIpc) is 2.75. The Labute approximate surface area is 171 Å². The number of methoxy groups -OCH3 is 1. The first-order valence-electron chi connectivity index (χ1n) is 9.70. The molecular weight excluding hydrogens is 364 g/mol. The summed E-state index contributed by atoms with van der Waals surface area (Å²) in [6.07, 6.45) is 1.59. The number of ether oxygens (including phenoxy) is 1. The van der Waals surface area contributed by atoms with Crippen LogP contribution in [0, 0.1) is 0 Å². The van der Waals surface area contributed by atoms with Gasteiger partial charge in [-0.2, -0.15) is 0 Å². The maximum Gasteiger partial charge on any atom is 0.253 e. The van der Waals surface area contributed by atoms with Crippen molar-refractivity contribution in [2.45, 2.75) is 25.4 Å². The van der Waals surface area contributed by atoms with Crippen molar-refractivity contribution in [3.05, 3.63) is 106 Å². The molecule has 5 nitrogen and oxygen atoms in total. The largest absolute Gasteiger partial charge is 0.383 e. The normalized spacial score (nSPS) is 12.0. The number of pyridine rings is 1. The number of nitrogens with one attached hydrogen (secondary N) is 1. The summed E-state index contributed by atoms with van der Waals surface area (Å²) in [7, 11) is 1.58. The molecule has 0 fully saturated rings. The van der Waals surface area contributed by atoms with E-state index in [0.29, 0.717) is 18.7 Å². The zero-order chi connectivity index (χ0) is 20.6. The van der Waals surface area contributed by atoms with Gasteiger partial charge in [-0.25, -0.2) is 0 Å². The number of nitrogens with zero attached hydrogens (tertiary/aromatic N) is 1. The molecule has 150 valence electrons. The first kappa shape index (κ1) is 20.6. The molecule has 2 aromatic carbocycles. The molecule has 0 saturated carbocycles. The van der Waals surface area contributed by atoms with E-state index in [1.807, 2.05) is 43.3 Å². The summed E-state index contributed by atoms with van der Waals surface area (Å²) in [6.45, 7) is 2.82. The highest BCUT2D eigenvalue weighted by Gasteiger charge is 2.23. The second-order valence-electron chi connectivity index (χ2n) is 7.00. The Bertz CT molecular complexity index is 944. The van der Waals surface area contributed by atoms with Crippen LogP contribution in [0.5, 0.6) is 0 Å². The third-order valence-electron chi connectivity index (χ3n) is 4.96. The van der Waals surface area contributed by atoms with Gasteiger partial charge in [0.1, 0.15) is 0 Å². The Balaban J connectivity index is 1.84.